The number of nitrogens with zero attached hydrogens (tertiary/aromatic N) is 1. The van der Waals surface area contributed by atoms with E-state index in [-0.39, 0.29) is 5.54 Å². The number of nitrogens with two attached hydrogens (primary N) is 1. The normalized spacial score (nSPS) is 15.8. The van der Waals surface area contributed by atoms with Gasteiger partial charge >= 0.3 is 0 Å². The topological polar surface area (TPSA) is 29.3 Å². The van der Waals surface area contributed by atoms with Gasteiger partial charge in [-0.2, -0.15) is 0 Å². The molecule has 0 heterocycles. The van der Waals surface area contributed by atoms with Crippen LogP contribution in [0.3, 0.4) is 0 Å². The third-order valence-electron chi connectivity index (χ3n) is 3.89. The minimum Gasteiger partial charge on any atom is -0.329 e. The quantitative estimate of drug-likeness (QED) is 0.656. The summed E-state index contributed by atoms with van der Waals surface area (Å²) in [5.41, 5.74) is 6.27. The van der Waals surface area contributed by atoms with E-state index in [9.17, 15) is 0 Å². The first kappa shape index (κ1) is 15.9. The Labute approximate surface area is 103 Å². The number of hydrogen-bond acceptors (Lipinski definition) is 2. The highest BCUT2D eigenvalue weighted by atomic mass is 15.2. The Morgan fingerprint density at radius 2 is 1.88 bits per heavy atom. The standard InChI is InChI=1S/C14H32N2/c1-6-8-10-14(7-2,12-15)16(5)11-9-13(3)4/h13H,6-12,15H2,1-5H3. The van der Waals surface area contributed by atoms with Gasteiger partial charge in [0.15, 0.2) is 0 Å². The molecule has 0 aliphatic carbocycles. The van der Waals surface area contributed by atoms with Crippen LogP contribution in [0.1, 0.15) is 59.8 Å². The summed E-state index contributed by atoms with van der Waals surface area (Å²) >= 11 is 0. The van der Waals surface area contributed by atoms with Crippen molar-refractivity contribution in [1.82, 2.24) is 4.90 Å². The molecule has 2 N–H and O–H groups in total. The highest BCUT2D eigenvalue weighted by Crippen LogP contribution is 2.24. The summed E-state index contributed by atoms with van der Waals surface area (Å²) in [6.45, 7) is 11.1. The average Bonchev–Trinajstić information content (AvgIpc) is 2.28. The Kier molecular flexibility index (Phi) is 8.04. The molecule has 0 saturated heterocycles. The second-order valence-corrected chi connectivity index (χ2v) is 5.49. The second kappa shape index (κ2) is 8.08. The Balaban J connectivity index is 4.35. The predicted octanol–water partition coefficient (Wildman–Crippen LogP) is 3.26. The lowest BCUT2D eigenvalue weighted by molar-refractivity contribution is 0.102. The Bertz CT molecular complexity index is 162. The van der Waals surface area contributed by atoms with Gasteiger partial charge in [0.25, 0.3) is 0 Å². The maximum absolute atomic E-state index is 6.02. The lowest BCUT2D eigenvalue weighted by Gasteiger charge is -2.41. The summed E-state index contributed by atoms with van der Waals surface area (Å²) in [4.78, 5) is 2.50. The van der Waals surface area contributed by atoms with Gasteiger partial charge in [-0.15, -0.1) is 0 Å². The summed E-state index contributed by atoms with van der Waals surface area (Å²) in [7, 11) is 2.24. The lowest BCUT2D eigenvalue weighted by atomic mass is 9.87. The number of rotatable bonds is 9. The molecule has 0 aromatic rings. The van der Waals surface area contributed by atoms with Crippen LogP contribution in [0.4, 0.5) is 0 Å². The van der Waals surface area contributed by atoms with Gasteiger partial charge in [-0.05, 0) is 38.8 Å². The van der Waals surface area contributed by atoms with E-state index in [1.165, 1.54) is 32.2 Å². The first-order valence-electron chi connectivity index (χ1n) is 6.93. The second-order valence-electron chi connectivity index (χ2n) is 5.49. The van der Waals surface area contributed by atoms with Crippen LogP contribution in [0.25, 0.3) is 0 Å². The zero-order chi connectivity index (χ0) is 12.6. The van der Waals surface area contributed by atoms with Gasteiger partial charge in [-0.25, -0.2) is 0 Å². The van der Waals surface area contributed by atoms with Crippen LogP contribution in [0, 0.1) is 5.92 Å². The number of unbranched alkanes of at least 4 members (excludes halogenated alkanes) is 1. The summed E-state index contributed by atoms with van der Waals surface area (Å²) in [6.07, 6.45) is 6.23. The van der Waals surface area contributed by atoms with Crippen molar-refractivity contribution in [2.75, 3.05) is 20.1 Å². The Morgan fingerprint density at radius 1 is 1.25 bits per heavy atom. The molecule has 2 nitrogen and oxygen atoms in total. The molecule has 0 aliphatic heterocycles. The SMILES string of the molecule is CCCCC(CC)(CN)N(C)CCC(C)C. The van der Waals surface area contributed by atoms with Crippen molar-refractivity contribution in [1.29, 1.82) is 0 Å². The smallest absolute Gasteiger partial charge is 0.0326 e. The van der Waals surface area contributed by atoms with Crippen LogP contribution in [-0.2, 0) is 0 Å². The van der Waals surface area contributed by atoms with Crippen LogP contribution in [0.5, 0.6) is 0 Å². The van der Waals surface area contributed by atoms with Crippen LogP contribution < -0.4 is 5.73 Å². The van der Waals surface area contributed by atoms with E-state index in [4.69, 9.17) is 5.73 Å². The van der Waals surface area contributed by atoms with E-state index >= 15 is 0 Å². The maximum Gasteiger partial charge on any atom is 0.0326 e. The molecule has 0 fully saturated rings. The van der Waals surface area contributed by atoms with Crippen molar-refractivity contribution in [3.63, 3.8) is 0 Å². The Morgan fingerprint density at radius 3 is 2.25 bits per heavy atom. The van der Waals surface area contributed by atoms with Gasteiger partial charge in [0.2, 0.25) is 0 Å². The molecule has 0 spiro atoms. The number of hydrogen-bond donors (Lipinski definition) is 1. The summed E-state index contributed by atoms with van der Waals surface area (Å²) in [5, 5.41) is 0. The van der Waals surface area contributed by atoms with Gasteiger partial charge in [-0.3, -0.25) is 4.90 Å². The average molecular weight is 228 g/mol. The minimum atomic E-state index is 0.241. The molecule has 0 bridgehead atoms. The zero-order valence-corrected chi connectivity index (χ0v) is 12.1. The molecule has 2 heteroatoms. The van der Waals surface area contributed by atoms with Crippen LogP contribution in [-0.4, -0.2) is 30.6 Å². The van der Waals surface area contributed by atoms with E-state index in [0.717, 1.165) is 18.9 Å². The van der Waals surface area contributed by atoms with E-state index in [2.05, 4.69) is 39.6 Å². The van der Waals surface area contributed by atoms with E-state index in [1.54, 1.807) is 0 Å². The fraction of sp³-hybridized carbons (Fsp3) is 1.00. The molecule has 0 aromatic carbocycles. The zero-order valence-electron chi connectivity index (χ0n) is 12.1. The predicted molar refractivity (Wildman–Crippen MR) is 73.7 cm³/mol. The molecule has 0 amide bonds. The molecule has 1 unspecified atom stereocenters. The molecule has 0 rings (SSSR count). The van der Waals surface area contributed by atoms with Crippen molar-refractivity contribution >= 4 is 0 Å². The van der Waals surface area contributed by atoms with E-state index in [1.807, 2.05) is 0 Å². The van der Waals surface area contributed by atoms with Crippen LogP contribution >= 0.6 is 0 Å². The third kappa shape index (κ3) is 4.84. The minimum absolute atomic E-state index is 0.241. The largest absolute Gasteiger partial charge is 0.329 e. The molecule has 1 atom stereocenters. The van der Waals surface area contributed by atoms with Gasteiger partial charge in [0.1, 0.15) is 0 Å². The van der Waals surface area contributed by atoms with Gasteiger partial charge in [-0.1, -0.05) is 40.5 Å². The van der Waals surface area contributed by atoms with Crippen molar-refractivity contribution < 1.29 is 0 Å². The maximum atomic E-state index is 6.02. The van der Waals surface area contributed by atoms with Crippen molar-refractivity contribution in [2.45, 2.75) is 65.3 Å². The Hall–Kier alpha value is -0.0800. The molecular weight excluding hydrogens is 196 g/mol. The van der Waals surface area contributed by atoms with Crippen molar-refractivity contribution in [3.8, 4) is 0 Å². The molecule has 98 valence electrons. The van der Waals surface area contributed by atoms with Crippen molar-refractivity contribution in [3.05, 3.63) is 0 Å². The molecule has 0 radical (unpaired) electrons. The number of likely N-dealkylation sites (N-methyl/N-ethyl adjacent to an activating group) is 1. The van der Waals surface area contributed by atoms with Gasteiger partial charge in [0.05, 0.1) is 0 Å². The fourth-order valence-electron chi connectivity index (χ4n) is 2.23. The third-order valence-corrected chi connectivity index (χ3v) is 3.89. The van der Waals surface area contributed by atoms with Crippen molar-refractivity contribution in [2.24, 2.45) is 11.7 Å². The van der Waals surface area contributed by atoms with Gasteiger partial charge in [0, 0.05) is 12.1 Å². The first-order valence-corrected chi connectivity index (χ1v) is 6.93. The first-order chi connectivity index (χ1) is 7.52. The van der Waals surface area contributed by atoms with Crippen LogP contribution in [0.2, 0.25) is 0 Å². The molecule has 16 heavy (non-hydrogen) atoms. The molecule has 0 saturated carbocycles. The summed E-state index contributed by atoms with van der Waals surface area (Å²) in [6, 6.07) is 0. The molecule has 0 aromatic heterocycles. The van der Waals surface area contributed by atoms with E-state index < -0.39 is 0 Å². The molecule has 0 aliphatic rings. The van der Waals surface area contributed by atoms with Gasteiger partial charge < -0.3 is 5.73 Å². The lowest BCUT2D eigenvalue weighted by Crippen LogP contribution is -2.52. The summed E-state index contributed by atoms with van der Waals surface area (Å²) in [5.74, 6) is 0.779. The highest BCUT2D eigenvalue weighted by molar-refractivity contribution is 4.89. The monoisotopic (exact) mass is 228 g/mol. The fourth-order valence-corrected chi connectivity index (χ4v) is 2.23. The summed E-state index contributed by atoms with van der Waals surface area (Å²) < 4.78 is 0. The molecular formula is C14H32N2. The van der Waals surface area contributed by atoms with E-state index in [0.29, 0.717) is 0 Å². The van der Waals surface area contributed by atoms with Crippen LogP contribution in [0.15, 0.2) is 0 Å². The highest BCUT2D eigenvalue weighted by Gasteiger charge is 2.30.